The number of nitrogens with one attached hydrogen (secondary N) is 1. The van der Waals surface area contributed by atoms with Gasteiger partial charge in [-0.3, -0.25) is 9.78 Å². The van der Waals surface area contributed by atoms with Crippen LogP contribution in [0.15, 0.2) is 42.0 Å². The molecule has 1 amide bonds. The first-order valence-electron chi connectivity index (χ1n) is 8.08. The Kier molecular flexibility index (Phi) is 3.87. The largest absolute Gasteiger partial charge is 0.347 e. The van der Waals surface area contributed by atoms with Crippen LogP contribution >= 0.6 is 11.3 Å². The summed E-state index contributed by atoms with van der Waals surface area (Å²) in [5, 5.41) is 5.14. The monoisotopic (exact) mass is 325 g/mol. The van der Waals surface area contributed by atoms with Gasteiger partial charge >= 0.3 is 0 Å². The Bertz CT molecular complexity index is 815. The summed E-state index contributed by atoms with van der Waals surface area (Å²) in [6, 6.07) is 8.49. The van der Waals surface area contributed by atoms with Crippen LogP contribution in [0.3, 0.4) is 0 Å². The highest BCUT2D eigenvalue weighted by molar-refractivity contribution is 7.17. The molecular weight excluding hydrogens is 306 g/mol. The van der Waals surface area contributed by atoms with Crippen molar-refractivity contribution in [1.29, 1.82) is 0 Å². The molecule has 1 fully saturated rings. The van der Waals surface area contributed by atoms with E-state index < -0.39 is 0 Å². The summed E-state index contributed by atoms with van der Waals surface area (Å²) >= 11 is 1.70. The Morgan fingerprint density at radius 1 is 1.35 bits per heavy atom. The zero-order chi connectivity index (χ0) is 15.6. The Morgan fingerprint density at radius 2 is 2.22 bits per heavy atom. The van der Waals surface area contributed by atoms with Crippen molar-refractivity contribution >= 4 is 27.5 Å². The maximum atomic E-state index is 12.7. The first-order valence-corrected chi connectivity index (χ1v) is 8.96. The van der Waals surface area contributed by atoms with Crippen LogP contribution in [-0.4, -0.2) is 15.5 Å². The molecule has 118 valence electrons. The number of carbonyl (C=O) groups is 1. The summed E-state index contributed by atoms with van der Waals surface area (Å²) < 4.78 is 3.46. The predicted molar refractivity (Wildman–Crippen MR) is 92.7 cm³/mol. The highest BCUT2D eigenvalue weighted by atomic mass is 32.1. The van der Waals surface area contributed by atoms with Crippen molar-refractivity contribution in [3.8, 4) is 0 Å². The standard InChI is InChI=1S/C18H19N3OS/c22-18(20-12-13-4-3-8-19-11-13)16-10-17-15(7-9-23-17)21(16)14-5-1-2-6-14/h3-4,7-11,14H,1-2,5-6,12H2,(H,20,22). The maximum Gasteiger partial charge on any atom is 0.268 e. The third-order valence-corrected chi connectivity index (χ3v) is 5.41. The second kappa shape index (κ2) is 6.16. The molecule has 3 heterocycles. The van der Waals surface area contributed by atoms with Crippen LogP contribution < -0.4 is 5.32 Å². The third kappa shape index (κ3) is 2.77. The molecule has 4 nitrogen and oxygen atoms in total. The van der Waals surface area contributed by atoms with Crippen LogP contribution in [0.1, 0.15) is 47.8 Å². The average Bonchev–Trinajstić information content (AvgIpc) is 3.29. The van der Waals surface area contributed by atoms with Crippen molar-refractivity contribution < 1.29 is 4.79 Å². The van der Waals surface area contributed by atoms with Crippen LogP contribution in [0.25, 0.3) is 10.2 Å². The number of amides is 1. The Morgan fingerprint density at radius 3 is 3.00 bits per heavy atom. The second-order valence-electron chi connectivity index (χ2n) is 6.05. The fraction of sp³-hybridized carbons (Fsp3) is 0.333. The zero-order valence-electron chi connectivity index (χ0n) is 12.9. The van der Waals surface area contributed by atoms with E-state index in [2.05, 4.69) is 26.3 Å². The van der Waals surface area contributed by atoms with E-state index >= 15 is 0 Å². The van der Waals surface area contributed by atoms with Gasteiger partial charge in [-0.1, -0.05) is 18.9 Å². The van der Waals surface area contributed by atoms with Crippen molar-refractivity contribution in [2.45, 2.75) is 38.3 Å². The van der Waals surface area contributed by atoms with Crippen molar-refractivity contribution in [2.75, 3.05) is 0 Å². The topological polar surface area (TPSA) is 46.9 Å². The quantitative estimate of drug-likeness (QED) is 0.783. The van der Waals surface area contributed by atoms with Gasteiger partial charge in [-0.2, -0.15) is 0 Å². The molecule has 1 saturated carbocycles. The molecule has 3 aromatic heterocycles. The van der Waals surface area contributed by atoms with E-state index in [0.717, 1.165) is 11.3 Å². The zero-order valence-corrected chi connectivity index (χ0v) is 13.7. The molecule has 1 aliphatic rings. The van der Waals surface area contributed by atoms with Gasteiger partial charge in [0.15, 0.2) is 0 Å². The van der Waals surface area contributed by atoms with Crippen LogP contribution in [0.4, 0.5) is 0 Å². The lowest BCUT2D eigenvalue weighted by atomic mass is 10.2. The minimum Gasteiger partial charge on any atom is -0.347 e. The van der Waals surface area contributed by atoms with Gasteiger partial charge in [-0.05, 0) is 42.0 Å². The molecule has 5 heteroatoms. The fourth-order valence-corrected chi connectivity index (χ4v) is 4.26. The first kappa shape index (κ1) is 14.5. The molecule has 1 aliphatic carbocycles. The van der Waals surface area contributed by atoms with Gasteiger partial charge in [0, 0.05) is 25.0 Å². The van der Waals surface area contributed by atoms with E-state index in [4.69, 9.17) is 0 Å². The molecule has 0 bridgehead atoms. The summed E-state index contributed by atoms with van der Waals surface area (Å²) in [4.78, 5) is 16.8. The number of nitrogens with zero attached hydrogens (tertiary/aromatic N) is 2. The predicted octanol–water partition coefficient (Wildman–Crippen LogP) is 4.14. The van der Waals surface area contributed by atoms with E-state index in [9.17, 15) is 4.79 Å². The minimum absolute atomic E-state index is 0.00385. The molecule has 4 rings (SSSR count). The number of thiophene rings is 1. The van der Waals surface area contributed by atoms with Crippen LogP contribution in [0, 0.1) is 0 Å². The summed E-state index contributed by atoms with van der Waals surface area (Å²) in [7, 11) is 0. The number of fused-ring (bicyclic) bond motifs is 1. The van der Waals surface area contributed by atoms with E-state index in [1.165, 1.54) is 35.9 Å². The van der Waals surface area contributed by atoms with Crippen LogP contribution in [-0.2, 0) is 6.54 Å². The van der Waals surface area contributed by atoms with Gasteiger partial charge in [0.2, 0.25) is 0 Å². The van der Waals surface area contributed by atoms with Crippen LogP contribution in [0.5, 0.6) is 0 Å². The SMILES string of the molecule is O=C(NCc1cccnc1)c1cc2sccc2n1C1CCCC1. The molecule has 0 atom stereocenters. The second-order valence-corrected chi connectivity index (χ2v) is 7.00. The van der Waals surface area contributed by atoms with E-state index in [-0.39, 0.29) is 5.91 Å². The smallest absolute Gasteiger partial charge is 0.268 e. The summed E-state index contributed by atoms with van der Waals surface area (Å²) in [6.45, 7) is 0.510. The van der Waals surface area contributed by atoms with Crippen molar-refractivity contribution in [1.82, 2.24) is 14.9 Å². The number of carbonyl (C=O) groups excluding carboxylic acids is 1. The number of aromatic nitrogens is 2. The van der Waals surface area contributed by atoms with E-state index in [1.807, 2.05) is 18.2 Å². The van der Waals surface area contributed by atoms with E-state index in [0.29, 0.717) is 12.6 Å². The van der Waals surface area contributed by atoms with Gasteiger partial charge in [0.05, 0.1) is 10.2 Å². The van der Waals surface area contributed by atoms with Gasteiger partial charge in [-0.15, -0.1) is 11.3 Å². The minimum atomic E-state index is 0.00385. The molecule has 0 unspecified atom stereocenters. The molecular formula is C18H19N3OS. The van der Waals surface area contributed by atoms with Gasteiger partial charge < -0.3 is 9.88 Å². The van der Waals surface area contributed by atoms with Crippen molar-refractivity contribution in [2.24, 2.45) is 0 Å². The van der Waals surface area contributed by atoms with Crippen molar-refractivity contribution in [3.63, 3.8) is 0 Å². The lowest BCUT2D eigenvalue weighted by molar-refractivity contribution is 0.0940. The van der Waals surface area contributed by atoms with Gasteiger partial charge in [-0.25, -0.2) is 0 Å². The molecule has 0 aromatic carbocycles. The number of hydrogen-bond donors (Lipinski definition) is 1. The number of rotatable bonds is 4. The molecule has 0 saturated heterocycles. The fourth-order valence-electron chi connectivity index (χ4n) is 3.45. The molecule has 3 aromatic rings. The summed E-state index contributed by atoms with van der Waals surface area (Å²) in [5.41, 5.74) is 3.01. The number of pyridine rings is 1. The average molecular weight is 325 g/mol. The first-order chi connectivity index (χ1) is 11.3. The summed E-state index contributed by atoms with van der Waals surface area (Å²) in [5.74, 6) is 0.00385. The van der Waals surface area contributed by atoms with E-state index in [1.54, 1.807) is 23.7 Å². The lowest BCUT2D eigenvalue weighted by Gasteiger charge is -2.17. The third-order valence-electron chi connectivity index (χ3n) is 4.56. The highest BCUT2D eigenvalue weighted by Gasteiger charge is 2.24. The van der Waals surface area contributed by atoms with Gasteiger partial charge in [0.25, 0.3) is 5.91 Å². The molecule has 0 aliphatic heterocycles. The molecule has 0 spiro atoms. The molecule has 0 radical (unpaired) electrons. The molecule has 23 heavy (non-hydrogen) atoms. The van der Waals surface area contributed by atoms with Crippen molar-refractivity contribution in [3.05, 3.63) is 53.3 Å². The Labute approximate surface area is 139 Å². The van der Waals surface area contributed by atoms with Gasteiger partial charge in [0.1, 0.15) is 5.69 Å². The Balaban J connectivity index is 1.61. The maximum absolute atomic E-state index is 12.7. The normalized spacial score (nSPS) is 15.3. The number of hydrogen-bond acceptors (Lipinski definition) is 3. The lowest BCUT2D eigenvalue weighted by Crippen LogP contribution is -2.26. The molecule has 1 N–H and O–H groups in total. The highest BCUT2D eigenvalue weighted by Crippen LogP contribution is 2.36. The summed E-state index contributed by atoms with van der Waals surface area (Å²) in [6.07, 6.45) is 8.38. The Hall–Kier alpha value is -2.14. The van der Waals surface area contributed by atoms with Crippen LogP contribution in [0.2, 0.25) is 0 Å².